The molecule has 2 unspecified atom stereocenters. The number of aromatic amines is 1. The van der Waals surface area contributed by atoms with Crippen LogP contribution in [0.5, 0.6) is 0 Å². The number of rotatable bonds is 10. The Bertz CT molecular complexity index is 746. The molecule has 0 saturated carbocycles. The largest absolute Gasteiger partial charge is 0.461 e. The Labute approximate surface area is 181 Å². The number of tetrazole rings is 1. The molecule has 2 aromatic rings. The molecular weight excluding hydrogens is 410 g/mol. The van der Waals surface area contributed by atoms with Crippen molar-refractivity contribution in [1.29, 1.82) is 0 Å². The van der Waals surface area contributed by atoms with Crippen LogP contribution in [0, 0.1) is 0 Å². The molecule has 158 valence electrons. The summed E-state index contributed by atoms with van der Waals surface area (Å²) in [5.74, 6) is 1.51. The highest BCUT2D eigenvalue weighted by atomic mass is 35.5. The highest BCUT2D eigenvalue weighted by Crippen LogP contribution is 2.26. The number of ether oxygens (including phenoxy) is 1. The van der Waals surface area contributed by atoms with Gasteiger partial charge < -0.3 is 4.74 Å². The minimum absolute atomic E-state index is 0.0114. The van der Waals surface area contributed by atoms with E-state index in [1.54, 1.807) is 0 Å². The summed E-state index contributed by atoms with van der Waals surface area (Å²) in [6.45, 7) is 5.81. The molecule has 1 fully saturated rings. The number of H-pyrrole nitrogens is 1. The smallest absolute Gasteiger partial charge is 0.369 e. The van der Waals surface area contributed by atoms with Gasteiger partial charge in [0.2, 0.25) is 0 Å². The molecule has 29 heavy (non-hydrogen) atoms. The van der Waals surface area contributed by atoms with E-state index in [0.717, 1.165) is 43.1 Å². The summed E-state index contributed by atoms with van der Waals surface area (Å²) in [4.78, 5) is 2.56. The molecule has 1 aromatic carbocycles. The first kappa shape index (κ1) is 22.2. The van der Waals surface area contributed by atoms with Gasteiger partial charge in [-0.05, 0) is 43.4 Å². The van der Waals surface area contributed by atoms with E-state index < -0.39 is 0 Å². The van der Waals surface area contributed by atoms with Gasteiger partial charge in [-0.25, -0.2) is 0 Å². The van der Waals surface area contributed by atoms with Crippen LogP contribution in [0.3, 0.4) is 0 Å². The lowest BCUT2D eigenvalue weighted by atomic mass is 9.95. The first-order valence-corrected chi connectivity index (χ1v) is 11.5. The van der Waals surface area contributed by atoms with E-state index in [1.807, 2.05) is 12.1 Å². The summed E-state index contributed by atoms with van der Waals surface area (Å²) in [5, 5.41) is 15.2. The molecule has 0 bridgehead atoms. The van der Waals surface area contributed by atoms with Crippen LogP contribution in [0.2, 0.25) is 5.02 Å². The molecule has 7 nitrogen and oxygen atoms in total. The van der Waals surface area contributed by atoms with Crippen molar-refractivity contribution in [3.05, 3.63) is 40.7 Å². The first-order chi connectivity index (χ1) is 14.1. The zero-order valence-corrected chi connectivity index (χ0v) is 18.5. The molecule has 1 N–H and O–H groups in total. The van der Waals surface area contributed by atoms with Gasteiger partial charge in [0.15, 0.2) is 5.82 Å². The normalized spacial score (nSPS) is 22.3. The van der Waals surface area contributed by atoms with Gasteiger partial charge in [0.25, 0.3) is 5.75 Å². The Morgan fingerprint density at radius 2 is 2.14 bits per heavy atom. The van der Waals surface area contributed by atoms with Crippen molar-refractivity contribution in [1.82, 2.24) is 25.5 Å². The zero-order valence-electron chi connectivity index (χ0n) is 17.0. The second-order valence-corrected chi connectivity index (χ2v) is 8.74. The lowest BCUT2D eigenvalue weighted by molar-refractivity contribution is -0.0716. The average molecular weight is 439 g/mol. The van der Waals surface area contributed by atoms with Crippen molar-refractivity contribution >= 4 is 23.3 Å². The third kappa shape index (κ3) is 6.25. The fourth-order valence-corrected chi connectivity index (χ4v) is 4.51. The molecule has 1 aliphatic heterocycles. The number of hydrogen-bond acceptors (Lipinski definition) is 6. The quantitative estimate of drug-likeness (QED) is 0.573. The Morgan fingerprint density at radius 1 is 1.34 bits per heavy atom. The summed E-state index contributed by atoms with van der Waals surface area (Å²) in [6.07, 6.45) is 3.98. The minimum Gasteiger partial charge on any atom is -0.369 e. The van der Waals surface area contributed by atoms with Crippen LogP contribution in [0.25, 0.3) is 0 Å². The maximum Gasteiger partial charge on any atom is 0.461 e. The molecule has 0 spiro atoms. The Kier molecular flexibility index (Phi) is 8.47. The van der Waals surface area contributed by atoms with E-state index >= 15 is 0 Å². The van der Waals surface area contributed by atoms with E-state index in [-0.39, 0.29) is 18.1 Å². The second kappa shape index (κ2) is 11.1. The standard InChI is InChI=1S/C20H29ClN5O2S/c1-3-17(9-4-14(2)20-22-24-25-23-20)26-11-19(13-29-27)28-12-18(26)10-15-5-7-16(21)8-6-15/h5-8,14,17-19H,3-4,9-13H2,1-2H3,(H,22,23,24,25)/q+1/t14?,17?,18-,19+/m0/s1. The second-order valence-electron chi connectivity index (χ2n) is 7.73. The van der Waals surface area contributed by atoms with E-state index in [4.69, 9.17) is 16.3 Å². The van der Waals surface area contributed by atoms with Gasteiger partial charge in [-0.1, -0.05) is 42.8 Å². The van der Waals surface area contributed by atoms with Crippen LogP contribution in [-0.4, -0.2) is 62.6 Å². The van der Waals surface area contributed by atoms with Gasteiger partial charge in [0.1, 0.15) is 6.10 Å². The summed E-state index contributed by atoms with van der Waals surface area (Å²) in [7, 11) is 0. The van der Waals surface area contributed by atoms with Gasteiger partial charge in [-0.15, -0.1) is 10.2 Å². The number of morpholine rings is 1. The van der Waals surface area contributed by atoms with Crippen molar-refractivity contribution < 1.29 is 8.95 Å². The summed E-state index contributed by atoms with van der Waals surface area (Å²) in [6, 6.07) is 8.75. The fraction of sp³-hybridized carbons (Fsp3) is 0.650. The summed E-state index contributed by atoms with van der Waals surface area (Å²) < 4.78 is 17.1. The number of aromatic nitrogens is 4. The first-order valence-electron chi connectivity index (χ1n) is 10.2. The van der Waals surface area contributed by atoms with E-state index in [2.05, 4.69) is 51.5 Å². The van der Waals surface area contributed by atoms with Crippen LogP contribution in [0.15, 0.2) is 24.3 Å². The van der Waals surface area contributed by atoms with Gasteiger partial charge >= 0.3 is 11.7 Å². The molecule has 0 aliphatic carbocycles. The zero-order chi connectivity index (χ0) is 20.6. The van der Waals surface area contributed by atoms with Crippen molar-refractivity contribution in [2.45, 2.75) is 63.6 Å². The molecular formula is C20H29ClN5O2S+. The Hall–Kier alpha value is -1.48. The number of nitrogens with zero attached hydrogens (tertiary/aromatic N) is 4. The molecule has 1 aromatic heterocycles. The highest BCUT2D eigenvalue weighted by Gasteiger charge is 2.35. The monoisotopic (exact) mass is 438 g/mol. The molecule has 2 heterocycles. The third-order valence-electron chi connectivity index (χ3n) is 5.72. The van der Waals surface area contributed by atoms with Gasteiger partial charge in [0, 0.05) is 33.8 Å². The molecule has 1 saturated heterocycles. The lowest BCUT2D eigenvalue weighted by Crippen LogP contribution is -2.55. The van der Waals surface area contributed by atoms with Crippen molar-refractivity contribution in [2.24, 2.45) is 0 Å². The van der Waals surface area contributed by atoms with Crippen molar-refractivity contribution in [3.8, 4) is 0 Å². The Morgan fingerprint density at radius 3 is 2.79 bits per heavy atom. The number of nitrogens with one attached hydrogen (secondary N) is 1. The predicted molar refractivity (Wildman–Crippen MR) is 114 cm³/mol. The number of hydrogen-bond donors (Lipinski definition) is 1. The van der Waals surface area contributed by atoms with Gasteiger partial charge in [0.05, 0.1) is 6.61 Å². The molecule has 9 heteroatoms. The van der Waals surface area contributed by atoms with E-state index in [1.165, 1.54) is 5.56 Å². The van der Waals surface area contributed by atoms with Crippen LogP contribution < -0.4 is 0 Å². The number of benzene rings is 1. The molecule has 0 amide bonds. The van der Waals surface area contributed by atoms with Crippen LogP contribution in [-0.2, 0) is 27.0 Å². The van der Waals surface area contributed by atoms with E-state index in [0.29, 0.717) is 30.1 Å². The SMILES string of the molecule is CCC(CCC(C)c1nn[nH]n1)N1C[C@H](C[S+]=O)OC[C@@H]1Cc1ccc(Cl)cc1. The van der Waals surface area contributed by atoms with Crippen molar-refractivity contribution in [3.63, 3.8) is 0 Å². The maximum atomic E-state index is 11.1. The minimum atomic E-state index is -0.0114. The van der Waals surface area contributed by atoms with Crippen LogP contribution >= 0.6 is 11.6 Å². The summed E-state index contributed by atoms with van der Waals surface area (Å²) >= 11 is 6.65. The van der Waals surface area contributed by atoms with Gasteiger partial charge in [-0.3, -0.25) is 4.90 Å². The Balaban J connectivity index is 1.68. The number of halogens is 1. The van der Waals surface area contributed by atoms with Crippen LogP contribution in [0.4, 0.5) is 0 Å². The average Bonchev–Trinajstić information content (AvgIpc) is 3.27. The van der Waals surface area contributed by atoms with Crippen molar-refractivity contribution in [2.75, 3.05) is 18.9 Å². The topological polar surface area (TPSA) is 84.0 Å². The third-order valence-corrected chi connectivity index (χ3v) is 6.48. The van der Waals surface area contributed by atoms with Crippen LogP contribution in [0.1, 0.15) is 50.4 Å². The highest BCUT2D eigenvalue weighted by molar-refractivity contribution is 7.65. The van der Waals surface area contributed by atoms with E-state index in [9.17, 15) is 4.21 Å². The lowest BCUT2D eigenvalue weighted by Gasteiger charge is -2.43. The fourth-order valence-electron chi connectivity index (χ4n) is 4.03. The molecule has 3 rings (SSSR count). The molecule has 0 radical (unpaired) electrons. The maximum absolute atomic E-state index is 11.1. The van der Waals surface area contributed by atoms with Gasteiger partial charge in [-0.2, -0.15) is 5.21 Å². The molecule has 4 atom stereocenters. The molecule has 1 aliphatic rings. The summed E-state index contributed by atoms with van der Waals surface area (Å²) in [5.41, 5.74) is 1.25. The predicted octanol–water partition coefficient (Wildman–Crippen LogP) is 3.26.